The van der Waals surface area contributed by atoms with Gasteiger partial charge in [-0.2, -0.15) is 0 Å². The Labute approximate surface area is 188 Å². The number of likely N-dealkylation sites (tertiary alicyclic amines) is 2. The minimum absolute atomic E-state index is 0.0258. The van der Waals surface area contributed by atoms with Crippen LogP contribution in [0, 0.1) is 11.8 Å². The maximum atomic E-state index is 14.0. The number of hydrogen-bond acceptors (Lipinski definition) is 5. The van der Waals surface area contributed by atoms with Crippen molar-refractivity contribution in [3.8, 4) is 0 Å². The molecule has 4 heterocycles. The van der Waals surface area contributed by atoms with Crippen molar-refractivity contribution in [2.45, 2.75) is 99.8 Å². The van der Waals surface area contributed by atoms with Crippen molar-refractivity contribution >= 4 is 11.8 Å². The summed E-state index contributed by atoms with van der Waals surface area (Å²) in [5.74, 6) is -1.98. The maximum absolute atomic E-state index is 14.0. The van der Waals surface area contributed by atoms with Gasteiger partial charge in [-0.25, -0.2) is 14.2 Å². The molecule has 0 aromatic rings. The standard InChI is InChI=1S/C23H35F2N5O2/c24-23(25)8-10-30(22(13-23)6-7-22)21(32)19-15-12-29(9-5-17(15)27-28-19)20(31)18-11-14-3-1-2-4-16(14)26-18/h14-19,26-28H,1-13H2. The van der Waals surface area contributed by atoms with Crippen LogP contribution in [-0.4, -0.2) is 76.9 Å². The molecule has 0 radical (unpaired) electrons. The van der Waals surface area contributed by atoms with E-state index in [2.05, 4.69) is 16.2 Å². The Bertz CT molecular complexity index is 776. The topological polar surface area (TPSA) is 76.7 Å². The van der Waals surface area contributed by atoms with Gasteiger partial charge in [-0.1, -0.05) is 12.8 Å². The minimum Gasteiger partial charge on any atom is -0.341 e. The molecule has 6 unspecified atom stereocenters. The fourth-order valence-electron chi connectivity index (χ4n) is 7.26. The molecule has 1 spiro atoms. The molecule has 2 saturated carbocycles. The first-order valence-corrected chi connectivity index (χ1v) is 12.6. The molecule has 178 valence electrons. The van der Waals surface area contributed by atoms with Crippen molar-refractivity contribution < 1.29 is 18.4 Å². The van der Waals surface area contributed by atoms with Gasteiger partial charge in [-0.05, 0) is 44.4 Å². The summed E-state index contributed by atoms with van der Waals surface area (Å²) in [4.78, 5) is 30.5. The van der Waals surface area contributed by atoms with Crippen LogP contribution in [0.3, 0.4) is 0 Å². The molecule has 0 bridgehead atoms. The summed E-state index contributed by atoms with van der Waals surface area (Å²) < 4.78 is 28.0. The van der Waals surface area contributed by atoms with Gasteiger partial charge in [0.25, 0.3) is 5.92 Å². The molecule has 6 fully saturated rings. The second-order valence-electron chi connectivity index (χ2n) is 11.2. The van der Waals surface area contributed by atoms with E-state index in [9.17, 15) is 18.4 Å². The smallest absolute Gasteiger partial charge is 0.252 e. The third-order valence-electron chi connectivity index (χ3n) is 9.20. The van der Waals surface area contributed by atoms with Gasteiger partial charge in [0.1, 0.15) is 6.04 Å². The van der Waals surface area contributed by atoms with Gasteiger partial charge in [-0.15, -0.1) is 0 Å². The monoisotopic (exact) mass is 451 g/mol. The number of fused-ring (bicyclic) bond motifs is 2. The lowest BCUT2D eigenvalue weighted by molar-refractivity contribution is -0.149. The second kappa shape index (κ2) is 7.60. The highest BCUT2D eigenvalue weighted by atomic mass is 19.3. The van der Waals surface area contributed by atoms with E-state index in [0.717, 1.165) is 12.8 Å². The predicted octanol–water partition coefficient (Wildman–Crippen LogP) is 1.39. The Hall–Kier alpha value is -1.32. The highest BCUT2D eigenvalue weighted by molar-refractivity contribution is 5.85. The molecule has 6 rings (SSSR count). The van der Waals surface area contributed by atoms with E-state index in [1.807, 2.05) is 4.90 Å². The molecule has 4 aliphatic heterocycles. The van der Waals surface area contributed by atoms with Crippen molar-refractivity contribution in [2.75, 3.05) is 19.6 Å². The third kappa shape index (κ3) is 3.55. The first-order valence-electron chi connectivity index (χ1n) is 12.6. The highest BCUT2D eigenvalue weighted by Gasteiger charge is 2.60. The largest absolute Gasteiger partial charge is 0.341 e. The number of nitrogens with zero attached hydrogens (tertiary/aromatic N) is 2. The number of carbonyl (C=O) groups is 2. The SMILES string of the molecule is O=C(C1CC2CCCCC2N1)N1CCC2NNC(C(=O)N3CCC(F)(F)CC34CC4)C2C1. The van der Waals surface area contributed by atoms with E-state index in [-0.39, 0.29) is 49.2 Å². The molecule has 2 amide bonds. The summed E-state index contributed by atoms with van der Waals surface area (Å²) in [6, 6.07) is 0.0499. The number of amides is 2. The molecule has 32 heavy (non-hydrogen) atoms. The number of halogens is 2. The van der Waals surface area contributed by atoms with Crippen LogP contribution in [0.4, 0.5) is 8.78 Å². The zero-order chi connectivity index (χ0) is 22.1. The summed E-state index contributed by atoms with van der Waals surface area (Å²) in [5.41, 5.74) is 5.79. The number of rotatable bonds is 2. The van der Waals surface area contributed by atoms with Crippen LogP contribution in [0.5, 0.6) is 0 Å². The van der Waals surface area contributed by atoms with Crippen LogP contribution in [0.25, 0.3) is 0 Å². The molecule has 0 aromatic carbocycles. The van der Waals surface area contributed by atoms with Gasteiger partial charge >= 0.3 is 0 Å². The minimum atomic E-state index is -2.67. The summed E-state index contributed by atoms with van der Waals surface area (Å²) in [6.07, 6.45) is 7.50. The Morgan fingerprint density at radius 1 is 0.906 bits per heavy atom. The molecule has 4 saturated heterocycles. The number of hydrazine groups is 1. The number of hydrogen-bond donors (Lipinski definition) is 3. The lowest BCUT2D eigenvalue weighted by atomic mass is 9.84. The van der Waals surface area contributed by atoms with Crippen LogP contribution in [0.2, 0.25) is 0 Å². The summed E-state index contributed by atoms with van der Waals surface area (Å²) >= 11 is 0. The molecular weight excluding hydrogens is 416 g/mol. The van der Waals surface area contributed by atoms with Crippen molar-refractivity contribution in [1.29, 1.82) is 0 Å². The average molecular weight is 452 g/mol. The van der Waals surface area contributed by atoms with Gasteiger partial charge in [0.15, 0.2) is 0 Å². The second-order valence-corrected chi connectivity index (χ2v) is 11.2. The predicted molar refractivity (Wildman–Crippen MR) is 114 cm³/mol. The van der Waals surface area contributed by atoms with Gasteiger partial charge in [0.2, 0.25) is 11.8 Å². The molecule has 3 N–H and O–H groups in total. The highest BCUT2D eigenvalue weighted by Crippen LogP contribution is 2.53. The lowest BCUT2D eigenvalue weighted by Gasteiger charge is -2.43. The van der Waals surface area contributed by atoms with E-state index in [1.54, 1.807) is 4.90 Å². The molecule has 6 atom stereocenters. The molecule has 0 aromatic heterocycles. The van der Waals surface area contributed by atoms with E-state index >= 15 is 0 Å². The van der Waals surface area contributed by atoms with Gasteiger partial charge in [0.05, 0.1) is 6.04 Å². The zero-order valence-electron chi connectivity index (χ0n) is 18.6. The number of nitrogens with one attached hydrogen (secondary N) is 3. The number of carbonyl (C=O) groups excluding carboxylic acids is 2. The van der Waals surface area contributed by atoms with Crippen molar-refractivity contribution in [1.82, 2.24) is 26.0 Å². The number of alkyl halides is 2. The van der Waals surface area contributed by atoms with Gasteiger partial charge < -0.3 is 15.1 Å². The fraction of sp³-hybridized carbons (Fsp3) is 0.913. The number of piperidine rings is 2. The summed E-state index contributed by atoms with van der Waals surface area (Å²) in [7, 11) is 0. The van der Waals surface area contributed by atoms with E-state index < -0.39 is 17.5 Å². The lowest BCUT2D eigenvalue weighted by Crippen LogP contribution is -2.59. The van der Waals surface area contributed by atoms with Crippen LogP contribution >= 0.6 is 0 Å². The van der Waals surface area contributed by atoms with E-state index in [4.69, 9.17) is 0 Å². The molecule has 9 heteroatoms. The quantitative estimate of drug-likeness (QED) is 0.592. The Balaban J connectivity index is 1.12. The Morgan fingerprint density at radius 2 is 1.72 bits per heavy atom. The third-order valence-corrected chi connectivity index (χ3v) is 9.20. The van der Waals surface area contributed by atoms with Gasteiger partial charge in [-0.3, -0.25) is 15.0 Å². The summed E-state index contributed by atoms with van der Waals surface area (Å²) in [6.45, 7) is 1.37. The molecule has 6 aliphatic rings. The van der Waals surface area contributed by atoms with Crippen molar-refractivity contribution in [3.63, 3.8) is 0 Å². The molecule has 2 aliphatic carbocycles. The average Bonchev–Trinajstić information content (AvgIpc) is 3.22. The van der Waals surface area contributed by atoms with Gasteiger partial charge in [0, 0.05) is 56.0 Å². The maximum Gasteiger partial charge on any atom is 0.252 e. The first-order chi connectivity index (χ1) is 15.4. The zero-order valence-corrected chi connectivity index (χ0v) is 18.6. The van der Waals surface area contributed by atoms with Crippen LogP contribution in [0.15, 0.2) is 0 Å². The van der Waals surface area contributed by atoms with Crippen LogP contribution in [0.1, 0.15) is 64.2 Å². The van der Waals surface area contributed by atoms with E-state index in [0.29, 0.717) is 37.9 Å². The summed E-state index contributed by atoms with van der Waals surface area (Å²) in [5, 5.41) is 3.59. The first kappa shape index (κ1) is 21.2. The normalized spacial score (nSPS) is 41.9. The Kier molecular flexibility index (Phi) is 5.04. The molecular formula is C23H35F2N5O2. The van der Waals surface area contributed by atoms with Crippen LogP contribution in [-0.2, 0) is 9.59 Å². The Morgan fingerprint density at radius 3 is 2.50 bits per heavy atom. The van der Waals surface area contributed by atoms with Crippen LogP contribution < -0.4 is 16.2 Å². The van der Waals surface area contributed by atoms with E-state index in [1.165, 1.54) is 25.7 Å². The van der Waals surface area contributed by atoms with Crippen molar-refractivity contribution in [2.24, 2.45) is 11.8 Å². The van der Waals surface area contributed by atoms with Crippen molar-refractivity contribution in [3.05, 3.63) is 0 Å². The fourth-order valence-corrected chi connectivity index (χ4v) is 7.26. The molecule has 7 nitrogen and oxygen atoms in total.